The Bertz CT molecular complexity index is 331. The molecule has 2 aliphatic rings. The van der Waals surface area contributed by atoms with Gasteiger partial charge >= 0.3 is 0 Å². The highest BCUT2D eigenvalue weighted by Crippen LogP contribution is 2.35. The second-order valence-corrected chi connectivity index (χ2v) is 5.20. The Labute approximate surface area is 107 Å². The molecule has 2 fully saturated rings. The van der Waals surface area contributed by atoms with Gasteiger partial charge in [-0.1, -0.05) is 13.3 Å². The van der Waals surface area contributed by atoms with E-state index in [2.05, 4.69) is 5.32 Å². The lowest BCUT2D eigenvalue weighted by Gasteiger charge is -2.39. The molecule has 5 heteroatoms. The van der Waals surface area contributed by atoms with Gasteiger partial charge in [-0.3, -0.25) is 14.0 Å². The van der Waals surface area contributed by atoms with E-state index in [1.807, 2.05) is 6.92 Å². The van der Waals surface area contributed by atoms with E-state index >= 15 is 0 Å². The highest BCUT2D eigenvalue weighted by Gasteiger charge is 2.46. The van der Waals surface area contributed by atoms with Crippen molar-refractivity contribution in [3.8, 4) is 0 Å². The smallest absolute Gasteiger partial charge is 0.246 e. The quantitative estimate of drug-likeness (QED) is 0.777. The molecule has 0 aromatic rings. The standard InChI is InChI=1S/C13H21FN2O2/c1-2-4-10-12(17)15-11(9-5-6-9)13(18)16(10)8-3-7-14/h9-11H,2-8H2,1H3,(H,15,17). The third kappa shape index (κ3) is 2.65. The summed E-state index contributed by atoms with van der Waals surface area (Å²) in [6.07, 6.45) is 3.82. The van der Waals surface area contributed by atoms with Crippen LogP contribution in [0, 0.1) is 5.92 Å². The lowest BCUT2D eigenvalue weighted by atomic mass is 10.0. The van der Waals surface area contributed by atoms with E-state index in [4.69, 9.17) is 0 Å². The molecule has 2 unspecified atom stereocenters. The first-order valence-corrected chi connectivity index (χ1v) is 6.85. The number of carbonyl (C=O) groups is 2. The second-order valence-electron chi connectivity index (χ2n) is 5.20. The molecule has 102 valence electrons. The van der Waals surface area contributed by atoms with Crippen LogP contribution >= 0.6 is 0 Å². The Kier molecular flexibility index (Phi) is 4.19. The van der Waals surface area contributed by atoms with E-state index in [-0.39, 0.29) is 17.9 Å². The zero-order chi connectivity index (χ0) is 13.1. The predicted octanol–water partition coefficient (Wildman–Crippen LogP) is 1.25. The van der Waals surface area contributed by atoms with E-state index in [9.17, 15) is 14.0 Å². The van der Waals surface area contributed by atoms with Gasteiger partial charge in [-0.2, -0.15) is 0 Å². The van der Waals surface area contributed by atoms with Crippen molar-refractivity contribution in [3.05, 3.63) is 0 Å². The molecule has 2 atom stereocenters. The fourth-order valence-electron chi connectivity index (χ4n) is 2.59. The summed E-state index contributed by atoms with van der Waals surface area (Å²) in [4.78, 5) is 26.0. The number of carbonyl (C=O) groups excluding carboxylic acids is 2. The molecule has 1 saturated heterocycles. The van der Waals surface area contributed by atoms with Gasteiger partial charge in [-0.05, 0) is 31.6 Å². The van der Waals surface area contributed by atoms with Gasteiger partial charge in [0, 0.05) is 6.54 Å². The molecule has 1 saturated carbocycles. The van der Waals surface area contributed by atoms with Gasteiger partial charge in [0.05, 0.1) is 6.67 Å². The van der Waals surface area contributed by atoms with Gasteiger partial charge in [-0.15, -0.1) is 0 Å². The van der Waals surface area contributed by atoms with Crippen molar-refractivity contribution in [1.82, 2.24) is 10.2 Å². The predicted molar refractivity (Wildman–Crippen MR) is 65.7 cm³/mol. The van der Waals surface area contributed by atoms with Crippen molar-refractivity contribution in [1.29, 1.82) is 0 Å². The van der Waals surface area contributed by atoms with Crippen molar-refractivity contribution < 1.29 is 14.0 Å². The third-order valence-corrected chi connectivity index (χ3v) is 3.71. The van der Waals surface area contributed by atoms with Crippen molar-refractivity contribution >= 4 is 11.8 Å². The van der Waals surface area contributed by atoms with Gasteiger partial charge in [-0.25, -0.2) is 0 Å². The zero-order valence-corrected chi connectivity index (χ0v) is 10.8. The van der Waals surface area contributed by atoms with E-state index in [0.29, 0.717) is 25.3 Å². The summed E-state index contributed by atoms with van der Waals surface area (Å²) in [5, 5.41) is 2.85. The van der Waals surface area contributed by atoms with Crippen molar-refractivity contribution in [3.63, 3.8) is 0 Å². The fraction of sp³-hybridized carbons (Fsp3) is 0.846. The molecule has 2 rings (SSSR count). The average molecular weight is 256 g/mol. The number of piperazine rings is 1. The first-order chi connectivity index (χ1) is 8.69. The van der Waals surface area contributed by atoms with Crippen LogP contribution in [0.5, 0.6) is 0 Å². The Morgan fingerprint density at radius 1 is 1.39 bits per heavy atom. The number of nitrogens with zero attached hydrogens (tertiary/aromatic N) is 1. The molecule has 0 bridgehead atoms. The fourth-order valence-corrected chi connectivity index (χ4v) is 2.59. The Balaban J connectivity index is 2.09. The van der Waals surface area contributed by atoms with Crippen LogP contribution in [0.2, 0.25) is 0 Å². The average Bonchev–Trinajstić information content (AvgIpc) is 3.17. The number of halogens is 1. The molecule has 2 amide bonds. The molecule has 1 aliphatic carbocycles. The van der Waals surface area contributed by atoms with E-state index < -0.39 is 12.7 Å². The van der Waals surface area contributed by atoms with Gasteiger partial charge in [0.2, 0.25) is 11.8 Å². The summed E-state index contributed by atoms with van der Waals surface area (Å²) >= 11 is 0. The minimum absolute atomic E-state index is 0.0102. The van der Waals surface area contributed by atoms with E-state index in [1.165, 1.54) is 0 Å². The molecular weight excluding hydrogens is 235 g/mol. The number of rotatable bonds is 6. The molecule has 1 heterocycles. The van der Waals surface area contributed by atoms with Gasteiger partial charge in [0.25, 0.3) is 0 Å². The van der Waals surface area contributed by atoms with E-state index in [1.54, 1.807) is 4.90 Å². The lowest BCUT2D eigenvalue weighted by Crippen LogP contribution is -2.64. The van der Waals surface area contributed by atoms with Crippen molar-refractivity contribution in [2.75, 3.05) is 13.2 Å². The number of amides is 2. The van der Waals surface area contributed by atoms with Crippen LogP contribution in [0.1, 0.15) is 39.0 Å². The van der Waals surface area contributed by atoms with Crippen LogP contribution in [0.25, 0.3) is 0 Å². The maximum absolute atomic E-state index is 12.3. The highest BCUT2D eigenvalue weighted by molar-refractivity contribution is 5.97. The maximum Gasteiger partial charge on any atom is 0.246 e. The summed E-state index contributed by atoms with van der Waals surface area (Å²) in [5.41, 5.74) is 0. The molecule has 18 heavy (non-hydrogen) atoms. The van der Waals surface area contributed by atoms with Crippen LogP contribution in [0.3, 0.4) is 0 Å². The molecule has 0 aromatic heterocycles. The first-order valence-electron chi connectivity index (χ1n) is 6.85. The third-order valence-electron chi connectivity index (χ3n) is 3.71. The SMILES string of the molecule is CCCC1C(=O)NC(C2CC2)C(=O)N1CCCF. The lowest BCUT2D eigenvalue weighted by molar-refractivity contribution is -0.150. The van der Waals surface area contributed by atoms with E-state index in [0.717, 1.165) is 19.3 Å². The second kappa shape index (κ2) is 5.67. The molecule has 1 aliphatic heterocycles. The number of alkyl halides is 1. The Morgan fingerprint density at radius 3 is 2.67 bits per heavy atom. The summed E-state index contributed by atoms with van der Waals surface area (Å²) in [7, 11) is 0. The van der Waals surface area contributed by atoms with Crippen LogP contribution in [-0.4, -0.2) is 42.0 Å². The number of hydrogen-bond donors (Lipinski definition) is 1. The molecule has 4 nitrogen and oxygen atoms in total. The minimum Gasteiger partial charge on any atom is -0.342 e. The molecule has 1 N–H and O–H groups in total. The monoisotopic (exact) mass is 256 g/mol. The van der Waals surface area contributed by atoms with Crippen LogP contribution in [0.4, 0.5) is 4.39 Å². The number of nitrogens with one attached hydrogen (secondary N) is 1. The first kappa shape index (κ1) is 13.3. The molecule has 0 spiro atoms. The topological polar surface area (TPSA) is 49.4 Å². The minimum atomic E-state index is -0.446. The van der Waals surface area contributed by atoms with Crippen molar-refractivity contribution in [2.24, 2.45) is 5.92 Å². The molecular formula is C13H21FN2O2. The normalized spacial score (nSPS) is 28.4. The summed E-state index contributed by atoms with van der Waals surface area (Å²) in [6.45, 7) is 1.90. The maximum atomic E-state index is 12.3. The summed E-state index contributed by atoms with van der Waals surface area (Å²) in [6, 6.07) is -0.755. The van der Waals surface area contributed by atoms with Crippen LogP contribution in [0.15, 0.2) is 0 Å². The summed E-state index contributed by atoms with van der Waals surface area (Å²) < 4.78 is 12.3. The van der Waals surface area contributed by atoms with Crippen LogP contribution in [-0.2, 0) is 9.59 Å². The largest absolute Gasteiger partial charge is 0.342 e. The Hall–Kier alpha value is -1.13. The molecule has 0 aromatic carbocycles. The molecule has 0 radical (unpaired) electrons. The van der Waals surface area contributed by atoms with Crippen LogP contribution < -0.4 is 5.32 Å². The zero-order valence-electron chi connectivity index (χ0n) is 10.8. The van der Waals surface area contributed by atoms with Crippen molar-refractivity contribution in [2.45, 2.75) is 51.1 Å². The Morgan fingerprint density at radius 2 is 2.11 bits per heavy atom. The van der Waals surface area contributed by atoms with Gasteiger partial charge in [0.1, 0.15) is 12.1 Å². The summed E-state index contributed by atoms with van der Waals surface area (Å²) in [5.74, 6) is 0.230. The highest BCUT2D eigenvalue weighted by atomic mass is 19.1. The van der Waals surface area contributed by atoms with Gasteiger partial charge in [0.15, 0.2) is 0 Å². The number of hydrogen-bond acceptors (Lipinski definition) is 2. The van der Waals surface area contributed by atoms with Gasteiger partial charge < -0.3 is 10.2 Å².